The summed E-state index contributed by atoms with van der Waals surface area (Å²) in [5, 5.41) is 10.8. The molecule has 1 saturated carbocycles. The quantitative estimate of drug-likeness (QED) is 0.522. The fourth-order valence-corrected chi connectivity index (χ4v) is 4.12. The zero-order chi connectivity index (χ0) is 22.2. The lowest BCUT2D eigenvalue weighted by molar-refractivity contribution is -0.121. The molecule has 5 rings (SSSR count). The number of oxazole rings is 1. The highest BCUT2D eigenvalue weighted by molar-refractivity contribution is 5.91. The summed E-state index contributed by atoms with van der Waals surface area (Å²) in [4.78, 5) is 30.1. The number of nitrogens with zero attached hydrogens (tertiary/aromatic N) is 5. The Morgan fingerprint density at radius 2 is 1.91 bits per heavy atom. The summed E-state index contributed by atoms with van der Waals surface area (Å²) in [5.41, 5.74) is 1.38. The van der Waals surface area contributed by atoms with Crippen molar-refractivity contribution in [2.75, 3.05) is 5.32 Å². The number of hydrogen-bond acceptors (Lipinski definition) is 6. The predicted molar refractivity (Wildman–Crippen MR) is 109 cm³/mol. The van der Waals surface area contributed by atoms with Crippen molar-refractivity contribution in [3.63, 3.8) is 0 Å². The van der Waals surface area contributed by atoms with Crippen LogP contribution in [0.3, 0.4) is 0 Å². The number of halogens is 2. The van der Waals surface area contributed by atoms with E-state index in [1.165, 1.54) is 18.5 Å². The smallest absolute Gasteiger partial charge is 0.406 e. The summed E-state index contributed by atoms with van der Waals surface area (Å²) in [6.45, 7) is 0. The molecule has 1 aliphatic rings. The number of amides is 1. The standard InChI is InChI=1S/C21H18F2N6O3/c22-15-6-5-14(9-16(15)23)29-25-11-19(27-29)26-20(30)12-1-3-13(4-2-12)28-17-7-8-24-10-18(17)32-21(28)31/h5-13H,1-4H2,(H,26,27,30). The van der Waals surface area contributed by atoms with Gasteiger partial charge in [-0.15, -0.1) is 9.90 Å². The highest BCUT2D eigenvalue weighted by Gasteiger charge is 2.29. The second kappa shape index (κ2) is 7.98. The number of pyridine rings is 1. The van der Waals surface area contributed by atoms with Gasteiger partial charge in [0.1, 0.15) is 0 Å². The molecule has 0 bridgehead atoms. The topological polar surface area (TPSA) is 108 Å². The van der Waals surface area contributed by atoms with Crippen LogP contribution in [0.15, 0.2) is 52.1 Å². The van der Waals surface area contributed by atoms with Crippen molar-refractivity contribution < 1.29 is 18.0 Å². The first-order chi connectivity index (χ1) is 15.5. The van der Waals surface area contributed by atoms with Crippen molar-refractivity contribution in [1.82, 2.24) is 24.5 Å². The molecule has 3 aromatic heterocycles. The first-order valence-corrected chi connectivity index (χ1v) is 10.1. The first kappa shape index (κ1) is 20.0. The minimum absolute atomic E-state index is 0.0514. The van der Waals surface area contributed by atoms with Crippen LogP contribution in [-0.2, 0) is 4.79 Å². The van der Waals surface area contributed by atoms with Gasteiger partial charge in [-0.2, -0.15) is 5.10 Å². The highest BCUT2D eigenvalue weighted by atomic mass is 19.2. The number of rotatable bonds is 4. The largest absolute Gasteiger partial charge is 0.420 e. The summed E-state index contributed by atoms with van der Waals surface area (Å²) in [5.74, 6) is -2.62. The lowest BCUT2D eigenvalue weighted by atomic mass is 9.85. The molecular weight excluding hydrogens is 422 g/mol. The monoisotopic (exact) mass is 440 g/mol. The van der Waals surface area contributed by atoms with E-state index in [1.54, 1.807) is 16.8 Å². The molecule has 9 nitrogen and oxygen atoms in total. The van der Waals surface area contributed by atoms with Gasteiger partial charge in [0.2, 0.25) is 5.91 Å². The number of aromatic nitrogens is 5. The molecule has 0 aliphatic heterocycles. The van der Waals surface area contributed by atoms with Gasteiger partial charge in [-0.3, -0.25) is 14.3 Å². The molecule has 0 spiro atoms. The molecule has 0 atom stereocenters. The van der Waals surface area contributed by atoms with Crippen LogP contribution in [0.1, 0.15) is 31.7 Å². The Labute approximate surface area is 179 Å². The third-order valence-electron chi connectivity index (χ3n) is 5.73. The molecule has 3 heterocycles. The van der Waals surface area contributed by atoms with E-state index in [2.05, 4.69) is 20.5 Å². The van der Waals surface area contributed by atoms with Crippen molar-refractivity contribution >= 4 is 22.8 Å². The summed E-state index contributed by atoms with van der Waals surface area (Å²) in [6.07, 6.45) is 6.96. The normalized spacial score (nSPS) is 18.7. The Morgan fingerprint density at radius 3 is 2.69 bits per heavy atom. The van der Waals surface area contributed by atoms with Crippen molar-refractivity contribution in [2.24, 2.45) is 5.92 Å². The zero-order valence-electron chi connectivity index (χ0n) is 16.7. The van der Waals surface area contributed by atoms with Gasteiger partial charge in [0.25, 0.3) is 0 Å². The van der Waals surface area contributed by atoms with E-state index >= 15 is 0 Å². The first-order valence-electron chi connectivity index (χ1n) is 10.1. The molecule has 1 amide bonds. The Hall–Kier alpha value is -3.89. The Balaban J connectivity index is 1.23. The maximum atomic E-state index is 13.4. The van der Waals surface area contributed by atoms with Crippen molar-refractivity contribution in [2.45, 2.75) is 31.7 Å². The molecule has 32 heavy (non-hydrogen) atoms. The summed E-state index contributed by atoms with van der Waals surface area (Å²) in [6, 6.07) is 4.98. The van der Waals surface area contributed by atoms with Gasteiger partial charge in [-0.25, -0.2) is 13.6 Å². The average molecular weight is 440 g/mol. The lowest BCUT2D eigenvalue weighted by Gasteiger charge is -2.27. The summed E-state index contributed by atoms with van der Waals surface area (Å²) in [7, 11) is 0. The van der Waals surface area contributed by atoms with Crippen molar-refractivity contribution in [3.8, 4) is 5.69 Å². The molecule has 164 valence electrons. The number of hydrogen-bond donors (Lipinski definition) is 1. The van der Waals surface area contributed by atoms with Gasteiger partial charge in [0.05, 0.1) is 23.6 Å². The molecule has 11 heteroatoms. The van der Waals surface area contributed by atoms with Gasteiger partial charge in [-0.1, -0.05) is 0 Å². The summed E-state index contributed by atoms with van der Waals surface area (Å²) >= 11 is 0. The molecule has 4 aromatic rings. The van der Waals surface area contributed by atoms with Crippen LogP contribution in [0.5, 0.6) is 0 Å². The van der Waals surface area contributed by atoms with E-state index in [9.17, 15) is 18.4 Å². The van der Waals surface area contributed by atoms with E-state index in [4.69, 9.17) is 4.42 Å². The molecule has 1 aliphatic carbocycles. The van der Waals surface area contributed by atoms with Gasteiger partial charge in [-0.05, 0) is 43.9 Å². The maximum Gasteiger partial charge on any atom is 0.420 e. The van der Waals surface area contributed by atoms with Gasteiger partial charge in [0, 0.05) is 24.2 Å². The summed E-state index contributed by atoms with van der Waals surface area (Å²) < 4.78 is 33.4. The molecule has 1 fully saturated rings. The number of nitrogens with one attached hydrogen (secondary N) is 1. The van der Waals surface area contributed by atoms with Crippen LogP contribution in [0, 0.1) is 17.6 Å². The van der Waals surface area contributed by atoms with Gasteiger partial charge in [0.15, 0.2) is 23.0 Å². The second-order valence-corrected chi connectivity index (χ2v) is 7.69. The van der Waals surface area contributed by atoms with Crippen LogP contribution in [0.25, 0.3) is 16.8 Å². The Bertz CT molecular complexity index is 1350. The lowest BCUT2D eigenvalue weighted by Crippen LogP contribution is -2.30. The van der Waals surface area contributed by atoms with Gasteiger partial charge < -0.3 is 9.73 Å². The molecular formula is C21H18F2N6O3. The molecule has 0 radical (unpaired) electrons. The third kappa shape index (κ3) is 3.66. The minimum atomic E-state index is -1.01. The minimum Gasteiger partial charge on any atom is -0.406 e. The average Bonchev–Trinajstić information content (AvgIpc) is 3.39. The van der Waals surface area contributed by atoms with E-state index < -0.39 is 17.4 Å². The van der Waals surface area contributed by atoms with E-state index in [1.807, 2.05) is 0 Å². The molecule has 1 aromatic carbocycles. The van der Waals surface area contributed by atoms with Crippen molar-refractivity contribution in [3.05, 3.63) is 65.0 Å². The van der Waals surface area contributed by atoms with Gasteiger partial charge >= 0.3 is 5.76 Å². The van der Waals surface area contributed by atoms with Crippen LogP contribution in [0.4, 0.5) is 14.6 Å². The number of benzene rings is 1. The fraction of sp³-hybridized carbons (Fsp3) is 0.286. The van der Waals surface area contributed by atoms with E-state index in [0.29, 0.717) is 36.8 Å². The highest BCUT2D eigenvalue weighted by Crippen LogP contribution is 2.33. The molecule has 0 saturated heterocycles. The zero-order valence-corrected chi connectivity index (χ0v) is 16.7. The molecule has 1 N–H and O–H groups in total. The second-order valence-electron chi connectivity index (χ2n) is 7.69. The SMILES string of the molecule is O=C(Nc1cnn(-c2ccc(F)c(F)c2)n1)C1CCC(n2c(=O)oc3cnccc32)CC1. The van der Waals surface area contributed by atoms with Crippen LogP contribution in [0.2, 0.25) is 0 Å². The molecule has 0 unspecified atom stereocenters. The van der Waals surface area contributed by atoms with Crippen LogP contribution >= 0.6 is 0 Å². The number of carbonyl (C=O) groups excluding carboxylic acids is 1. The van der Waals surface area contributed by atoms with E-state index in [-0.39, 0.29) is 29.4 Å². The fourth-order valence-electron chi connectivity index (χ4n) is 4.12. The maximum absolute atomic E-state index is 13.4. The Morgan fingerprint density at radius 1 is 1.09 bits per heavy atom. The van der Waals surface area contributed by atoms with E-state index in [0.717, 1.165) is 16.9 Å². The van der Waals surface area contributed by atoms with Crippen LogP contribution < -0.4 is 11.1 Å². The Kier molecular flexibility index (Phi) is 5.00. The number of anilines is 1. The van der Waals surface area contributed by atoms with Crippen molar-refractivity contribution in [1.29, 1.82) is 0 Å². The number of fused-ring (bicyclic) bond motifs is 1. The third-order valence-corrected chi connectivity index (χ3v) is 5.73. The number of carbonyl (C=O) groups is 1. The predicted octanol–water partition coefficient (Wildman–Crippen LogP) is 3.22. The van der Waals surface area contributed by atoms with Crippen LogP contribution in [-0.4, -0.2) is 30.5 Å².